The molecule has 2 aromatic rings. The fraction of sp³-hybridized carbons (Fsp3) is 0.412. The molecule has 1 aromatic carbocycles. The van der Waals surface area contributed by atoms with Gasteiger partial charge in [0.1, 0.15) is 0 Å². The third-order valence-corrected chi connectivity index (χ3v) is 4.13. The van der Waals surface area contributed by atoms with Gasteiger partial charge < -0.3 is 9.30 Å². The lowest BCUT2D eigenvalue weighted by Crippen LogP contribution is -2.07. The Hall–Kier alpha value is -2.17. The Balaban J connectivity index is 1.69. The third kappa shape index (κ3) is 3.03. The molecule has 0 N–H and O–H groups in total. The number of aromatic nitrogens is 2. The summed E-state index contributed by atoms with van der Waals surface area (Å²) in [6, 6.07) is 6.22. The van der Waals surface area contributed by atoms with E-state index in [1.807, 2.05) is 19.9 Å². The molecule has 2 atom stereocenters. The van der Waals surface area contributed by atoms with Crippen LogP contribution < -0.4 is 0 Å². The summed E-state index contributed by atoms with van der Waals surface area (Å²) in [4.78, 5) is 15.3. The summed E-state index contributed by atoms with van der Waals surface area (Å²) < 4.78 is 19.7. The van der Waals surface area contributed by atoms with E-state index in [-0.39, 0.29) is 17.8 Å². The molecule has 1 aliphatic rings. The van der Waals surface area contributed by atoms with Crippen molar-refractivity contribution in [2.24, 2.45) is 5.92 Å². The fourth-order valence-corrected chi connectivity index (χ4v) is 2.82. The summed E-state index contributed by atoms with van der Waals surface area (Å²) in [7, 11) is 0. The van der Waals surface area contributed by atoms with E-state index in [9.17, 15) is 9.18 Å². The molecule has 0 saturated heterocycles. The van der Waals surface area contributed by atoms with Crippen LogP contribution in [0.2, 0.25) is 0 Å². The summed E-state index contributed by atoms with van der Waals surface area (Å²) in [6.07, 6.45) is 3.73. The highest BCUT2D eigenvalue weighted by atomic mass is 19.1. The minimum Gasteiger partial charge on any atom is -0.466 e. The number of hydrogen-bond donors (Lipinski definition) is 0. The first-order chi connectivity index (χ1) is 10.6. The van der Waals surface area contributed by atoms with Crippen molar-refractivity contribution in [2.45, 2.75) is 32.7 Å². The first kappa shape index (κ1) is 14.8. The highest BCUT2D eigenvalue weighted by molar-refractivity contribution is 5.77. The smallest absolute Gasteiger partial charge is 0.309 e. The Morgan fingerprint density at radius 3 is 2.95 bits per heavy atom. The Morgan fingerprint density at radius 1 is 1.50 bits per heavy atom. The normalized spacial score (nSPS) is 20.0. The molecule has 0 spiro atoms. The van der Waals surface area contributed by atoms with Crippen LogP contribution in [0, 0.1) is 18.8 Å². The lowest BCUT2D eigenvalue weighted by Gasteiger charge is -2.09. The summed E-state index contributed by atoms with van der Waals surface area (Å²) in [6.45, 7) is 4.89. The Bertz CT molecular complexity index is 696. The number of benzene rings is 1. The molecule has 0 bridgehead atoms. The van der Waals surface area contributed by atoms with Gasteiger partial charge in [-0.05, 0) is 42.9 Å². The van der Waals surface area contributed by atoms with E-state index in [4.69, 9.17) is 4.74 Å². The highest BCUT2D eigenvalue weighted by Gasteiger charge is 2.45. The number of halogens is 1. The molecule has 116 valence electrons. The molecule has 4 nitrogen and oxygen atoms in total. The van der Waals surface area contributed by atoms with Crippen molar-refractivity contribution in [3.63, 3.8) is 0 Å². The lowest BCUT2D eigenvalue weighted by atomic mass is 10.0. The predicted molar refractivity (Wildman–Crippen MR) is 79.9 cm³/mol. The van der Waals surface area contributed by atoms with Gasteiger partial charge in [0.2, 0.25) is 5.95 Å². The first-order valence-corrected chi connectivity index (χ1v) is 7.51. The van der Waals surface area contributed by atoms with Crippen molar-refractivity contribution in [1.29, 1.82) is 0 Å². The molecule has 0 amide bonds. The van der Waals surface area contributed by atoms with Gasteiger partial charge in [-0.2, -0.15) is 4.39 Å². The standard InChI is InChI=1S/C17H19FN2O2/c1-3-22-17(21)15-7-14(15)12-4-5-13(11(2)6-12)8-20-9-16(18)19-10-20/h4-6,9-10,14-15H,3,7-8H2,1-2H3. The van der Waals surface area contributed by atoms with Gasteiger partial charge in [-0.1, -0.05) is 18.2 Å². The fourth-order valence-electron chi connectivity index (χ4n) is 2.82. The van der Waals surface area contributed by atoms with E-state index >= 15 is 0 Å². The van der Waals surface area contributed by atoms with Crippen molar-refractivity contribution in [3.8, 4) is 0 Å². The second kappa shape index (κ2) is 5.91. The topological polar surface area (TPSA) is 44.1 Å². The number of carbonyl (C=O) groups excluding carboxylic acids is 1. The number of rotatable bonds is 5. The van der Waals surface area contributed by atoms with E-state index in [1.54, 1.807) is 4.57 Å². The maximum Gasteiger partial charge on any atom is 0.309 e. The van der Waals surface area contributed by atoms with Crippen LogP contribution in [0.1, 0.15) is 36.0 Å². The van der Waals surface area contributed by atoms with E-state index in [1.165, 1.54) is 18.1 Å². The third-order valence-electron chi connectivity index (χ3n) is 4.13. The summed E-state index contributed by atoms with van der Waals surface area (Å²) in [5, 5.41) is 0. The monoisotopic (exact) mass is 302 g/mol. The molecule has 22 heavy (non-hydrogen) atoms. The SMILES string of the molecule is CCOC(=O)C1CC1c1ccc(Cn2cnc(F)c2)c(C)c1. The number of hydrogen-bond acceptors (Lipinski definition) is 3. The van der Waals surface area contributed by atoms with Crippen molar-refractivity contribution in [2.75, 3.05) is 6.61 Å². The molecular weight excluding hydrogens is 283 g/mol. The minimum absolute atomic E-state index is 0.00736. The van der Waals surface area contributed by atoms with Crippen molar-refractivity contribution < 1.29 is 13.9 Å². The Morgan fingerprint density at radius 2 is 2.32 bits per heavy atom. The van der Waals surface area contributed by atoms with Gasteiger partial charge in [0, 0.05) is 6.54 Å². The van der Waals surface area contributed by atoms with E-state index < -0.39 is 5.95 Å². The number of imidazole rings is 1. The second-order valence-corrected chi connectivity index (χ2v) is 5.76. The van der Waals surface area contributed by atoms with E-state index in [2.05, 4.69) is 17.1 Å². The average molecular weight is 302 g/mol. The molecule has 1 aliphatic carbocycles. The number of carbonyl (C=O) groups is 1. The quantitative estimate of drug-likeness (QED) is 0.797. The second-order valence-electron chi connectivity index (χ2n) is 5.76. The molecule has 1 fully saturated rings. The molecule has 1 aromatic heterocycles. The van der Waals surface area contributed by atoms with Gasteiger partial charge in [0.25, 0.3) is 0 Å². The van der Waals surface area contributed by atoms with Gasteiger partial charge in [0.05, 0.1) is 25.0 Å². The average Bonchev–Trinajstić information content (AvgIpc) is 3.18. The maximum absolute atomic E-state index is 12.9. The summed E-state index contributed by atoms with van der Waals surface area (Å²) in [5.74, 6) is -0.280. The van der Waals surface area contributed by atoms with Gasteiger partial charge in [-0.3, -0.25) is 4.79 Å². The molecule has 2 unspecified atom stereocenters. The van der Waals surface area contributed by atoms with Gasteiger partial charge in [-0.25, -0.2) is 4.98 Å². The zero-order chi connectivity index (χ0) is 15.7. The minimum atomic E-state index is -0.468. The van der Waals surface area contributed by atoms with Gasteiger partial charge >= 0.3 is 5.97 Å². The Labute approximate surface area is 128 Å². The molecule has 0 aliphatic heterocycles. The number of ether oxygens (including phenoxy) is 1. The van der Waals surface area contributed by atoms with Crippen LogP contribution in [0.15, 0.2) is 30.7 Å². The van der Waals surface area contributed by atoms with E-state index in [0.29, 0.717) is 13.2 Å². The van der Waals surface area contributed by atoms with Crippen LogP contribution in [0.3, 0.4) is 0 Å². The zero-order valence-corrected chi connectivity index (χ0v) is 12.8. The number of aryl methyl sites for hydroxylation is 1. The summed E-state index contributed by atoms with van der Waals surface area (Å²) >= 11 is 0. The van der Waals surface area contributed by atoms with Gasteiger partial charge in [-0.15, -0.1) is 0 Å². The molecule has 1 saturated carbocycles. The zero-order valence-electron chi connectivity index (χ0n) is 12.8. The molecule has 1 heterocycles. The molecule has 5 heteroatoms. The lowest BCUT2D eigenvalue weighted by molar-refractivity contribution is -0.144. The first-order valence-electron chi connectivity index (χ1n) is 7.51. The van der Waals surface area contributed by atoms with Crippen molar-refractivity contribution >= 4 is 5.97 Å². The Kier molecular flexibility index (Phi) is 3.96. The largest absolute Gasteiger partial charge is 0.466 e. The van der Waals surface area contributed by atoms with Crippen molar-refractivity contribution in [3.05, 3.63) is 53.4 Å². The summed E-state index contributed by atoms with van der Waals surface area (Å²) in [5.41, 5.74) is 3.44. The van der Waals surface area contributed by atoms with E-state index in [0.717, 1.165) is 17.5 Å². The molecule has 0 radical (unpaired) electrons. The molecule has 3 rings (SSSR count). The van der Waals surface area contributed by atoms with Crippen LogP contribution in [-0.2, 0) is 16.1 Å². The maximum atomic E-state index is 12.9. The van der Waals surface area contributed by atoms with Crippen LogP contribution in [-0.4, -0.2) is 22.1 Å². The number of nitrogens with zero attached hydrogens (tertiary/aromatic N) is 2. The van der Waals surface area contributed by atoms with Crippen LogP contribution >= 0.6 is 0 Å². The predicted octanol–water partition coefficient (Wildman–Crippen LogP) is 3.05. The van der Waals surface area contributed by atoms with Gasteiger partial charge in [0.15, 0.2) is 0 Å². The number of esters is 1. The van der Waals surface area contributed by atoms with Crippen LogP contribution in [0.25, 0.3) is 0 Å². The highest BCUT2D eigenvalue weighted by Crippen LogP contribution is 2.48. The van der Waals surface area contributed by atoms with Crippen LogP contribution in [0.5, 0.6) is 0 Å². The van der Waals surface area contributed by atoms with Crippen molar-refractivity contribution in [1.82, 2.24) is 9.55 Å². The molecular formula is C17H19FN2O2. The van der Waals surface area contributed by atoms with Crippen LogP contribution in [0.4, 0.5) is 4.39 Å².